The first-order valence-corrected chi connectivity index (χ1v) is 11.6. The monoisotopic (exact) mass is 428 g/mol. The average molecular weight is 429 g/mol. The van der Waals surface area contributed by atoms with Gasteiger partial charge in [-0.05, 0) is 51.1 Å². The van der Waals surface area contributed by atoms with Crippen molar-refractivity contribution in [2.75, 3.05) is 17.1 Å². The van der Waals surface area contributed by atoms with E-state index in [1.54, 1.807) is 24.3 Å². The van der Waals surface area contributed by atoms with E-state index < -0.39 is 15.6 Å². The quantitative estimate of drug-likeness (QED) is 0.706. The first-order chi connectivity index (χ1) is 14.0. The summed E-state index contributed by atoms with van der Waals surface area (Å²) in [6, 6.07) is 12.3. The number of anilines is 1. The van der Waals surface area contributed by atoms with Crippen LogP contribution in [0.3, 0.4) is 0 Å². The van der Waals surface area contributed by atoms with Gasteiger partial charge in [0.1, 0.15) is 11.4 Å². The number of nitrogens with one attached hydrogen (secondary N) is 1. The number of sulfonamides is 1. The number of rotatable bonds is 6. The Labute approximate surface area is 178 Å². The summed E-state index contributed by atoms with van der Waals surface area (Å²) in [4.78, 5) is 12.9. The third-order valence-corrected chi connectivity index (χ3v) is 6.20. The number of nitrogens with zero attached hydrogens (tertiary/aromatic N) is 1. The molecule has 0 saturated carbocycles. The van der Waals surface area contributed by atoms with Crippen LogP contribution in [0.1, 0.15) is 47.8 Å². The van der Waals surface area contributed by atoms with Crippen molar-refractivity contribution in [1.29, 1.82) is 0 Å². The van der Waals surface area contributed by atoms with E-state index in [1.807, 2.05) is 39.0 Å². The third kappa shape index (κ3) is 4.84. The highest BCUT2D eigenvalue weighted by Crippen LogP contribution is 2.40. The molecule has 1 N–H and O–H groups in total. The Hall–Kier alpha value is -2.80. The third-order valence-electron chi connectivity index (χ3n) is 5.04. The molecule has 3 rings (SSSR count). The summed E-state index contributed by atoms with van der Waals surface area (Å²) in [7, 11) is -3.44. The molecule has 1 aliphatic heterocycles. The molecule has 160 valence electrons. The van der Waals surface area contributed by atoms with E-state index in [9.17, 15) is 13.2 Å². The van der Waals surface area contributed by atoms with E-state index in [1.165, 1.54) is 10.4 Å². The number of benzene rings is 2. The largest absolute Gasteiger partial charge is 0.487 e. The fourth-order valence-electron chi connectivity index (χ4n) is 3.67. The van der Waals surface area contributed by atoms with Crippen molar-refractivity contribution in [1.82, 2.24) is 5.32 Å². The van der Waals surface area contributed by atoms with Crippen LogP contribution in [0.15, 0.2) is 55.1 Å². The van der Waals surface area contributed by atoms with Crippen molar-refractivity contribution in [3.63, 3.8) is 0 Å². The van der Waals surface area contributed by atoms with Crippen LogP contribution in [0.5, 0.6) is 5.75 Å². The summed E-state index contributed by atoms with van der Waals surface area (Å²) < 4.78 is 31.3. The van der Waals surface area contributed by atoms with Gasteiger partial charge in [-0.1, -0.05) is 23.8 Å². The summed E-state index contributed by atoms with van der Waals surface area (Å²) in [6.07, 6.45) is 3.31. The molecule has 0 fully saturated rings. The number of carbonyl (C=O) groups is 1. The molecule has 1 amide bonds. The lowest BCUT2D eigenvalue weighted by atomic mass is 9.88. The molecule has 1 heterocycles. The van der Waals surface area contributed by atoms with Crippen molar-refractivity contribution in [3.8, 4) is 5.75 Å². The number of amides is 1. The van der Waals surface area contributed by atoms with Crippen LogP contribution >= 0.6 is 0 Å². The van der Waals surface area contributed by atoms with Crippen LogP contribution in [-0.4, -0.2) is 32.7 Å². The molecule has 30 heavy (non-hydrogen) atoms. The standard InChI is InChI=1S/C23H28N2O4S/c1-6-13-25(30(5,27)28)18-10-8-17(9-11-18)22(26)24-20-15-23(3,4)29-21-12-7-16(2)14-19(20)21/h6-12,14,20H,1,13,15H2,2-5H3,(H,24,26)/t20-/m1/s1. The van der Waals surface area contributed by atoms with Gasteiger partial charge in [0.05, 0.1) is 24.5 Å². The van der Waals surface area contributed by atoms with E-state index in [2.05, 4.69) is 11.9 Å². The van der Waals surface area contributed by atoms with Gasteiger partial charge in [-0.3, -0.25) is 9.10 Å². The van der Waals surface area contributed by atoms with Crippen LogP contribution in [0.4, 0.5) is 5.69 Å². The molecule has 0 radical (unpaired) electrons. The Balaban J connectivity index is 1.83. The maximum absolute atomic E-state index is 12.9. The summed E-state index contributed by atoms with van der Waals surface area (Å²) in [6.45, 7) is 9.79. The zero-order valence-corrected chi connectivity index (χ0v) is 18.6. The summed E-state index contributed by atoms with van der Waals surface area (Å²) in [5, 5.41) is 3.11. The number of hydrogen-bond acceptors (Lipinski definition) is 4. The van der Waals surface area contributed by atoms with Crippen molar-refractivity contribution in [2.24, 2.45) is 0 Å². The zero-order valence-electron chi connectivity index (χ0n) is 17.8. The lowest BCUT2D eigenvalue weighted by Gasteiger charge is -2.38. The van der Waals surface area contributed by atoms with E-state index >= 15 is 0 Å². The molecule has 0 aliphatic carbocycles. The van der Waals surface area contributed by atoms with Gasteiger partial charge in [-0.25, -0.2) is 8.42 Å². The lowest BCUT2D eigenvalue weighted by Crippen LogP contribution is -2.41. The minimum absolute atomic E-state index is 0.164. The van der Waals surface area contributed by atoms with Crippen molar-refractivity contribution in [3.05, 3.63) is 71.8 Å². The number of fused-ring (bicyclic) bond motifs is 1. The highest BCUT2D eigenvalue weighted by molar-refractivity contribution is 7.92. The predicted octanol–water partition coefficient (Wildman–Crippen LogP) is 3.98. The minimum Gasteiger partial charge on any atom is -0.487 e. The van der Waals surface area contributed by atoms with Gasteiger partial charge in [0.2, 0.25) is 10.0 Å². The second-order valence-electron chi connectivity index (χ2n) is 8.26. The van der Waals surface area contributed by atoms with Crippen LogP contribution < -0.4 is 14.4 Å². The Morgan fingerprint density at radius 1 is 1.27 bits per heavy atom. The van der Waals surface area contributed by atoms with Gasteiger partial charge in [0, 0.05) is 17.5 Å². The lowest BCUT2D eigenvalue weighted by molar-refractivity contribution is 0.0619. The first-order valence-electron chi connectivity index (χ1n) is 9.79. The maximum Gasteiger partial charge on any atom is 0.251 e. The Bertz CT molecular complexity index is 1060. The molecule has 1 aliphatic rings. The Morgan fingerprint density at radius 2 is 1.93 bits per heavy atom. The normalized spacial score (nSPS) is 17.4. The smallest absolute Gasteiger partial charge is 0.251 e. The van der Waals surface area contributed by atoms with Gasteiger partial charge in [-0.15, -0.1) is 6.58 Å². The SMILES string of the molecule is C=CCN(c1ccc(C(=O)N[C@@H]2CC(C)(C)Oc3ccc(C)cc32)cc1)S(C)(=O)=O. The van der Waals surface area contributed by atoms with Crippen molar-refractivity contribution >= 4 is 21.6 Å². The second-order valence-corrected chi connectivity index (χ2v) is 10.2. The van der Waals surface area contributed by atoms with E-state index in [-0.39, 0.29) is 18.5 Å². The maximum atomic E-state index is 12.9. The van der Waals surface area contributed by atoms with Gasteiger partial charge in [-0.2, -0.15) is 0 Å². The molecule has 0 bridgehead atoms. The number of aryl methyl sites for hydroxylation is 1. The molecular weight excluding hydrogens is 400 g/mol. The summed E-state index contributed by atoms with van der Waals surface area (Å²) >= 11 is 0. The topological polar surface area (TPSA) is 75.7 Å². The van der Waals surface area contributed by atoms with Gasteiger partial charge >= 0.3 is 0 Å². The van der Waals surface area contributed by atoms with E-state index in [0.717, 1.165) is 23.1 Å². The van der Waals surface area contributed by atoms with E-state index in [4.69, 9.17) is 4.74 Å². The highest BCUT2D eigenvalue weighted by Gasteiger charge is 2.34. The molecule has 0 spiro atoms. The molecule has 0 saturated heterocycles. The van der Waals surface area contributed by atoms with Crippen molar-refractivity contribution in [2.45, 2.75) is 38.8 Å². The number of hydrogen-bond donors (Lipinski definition) is 1. The molecule has 0 aromatic heterocycles. The average Bonchev–Trinajstić information content (AvgIpc) is 2.65. The summed E-state index contributed by atoms with van der Waals surface area (Å²) in [5.74, 6) is 0.567. The molecule has 7 heteroatoms. The zero-order chi connectivity index (χ0) is 22.1. The molecule has 2 aromatic rings. The second kappa shape index (κ2) is 8.14. The number of carbonyl (C=O) groups excluding carboxylic acids is 1. The summed E-state index contributed by atoms with van der Waals surface area (Å²) in [5.41, 5.74) is 2.62. The first kappa shape index (κ1) is 21.9. The van der Waals surface area contributed by atoms with Crippen molar-refractivity contribution < 1.29 is 17.9 Å². The molecule has 2 aromatic carbocycles. The molecule has 0 unspecified atom stereocenters. The fraction of sp³-hybridized carbons (Fsp3) is 0.348. The highest BCUT2D eigenvalue weighted by atomic mass is 32.2. The minimum atomic E-state index is -3.44. The molecule has 6 nitrogen and oxygen atoms in total. The molecular formula is C23H28N2O4S. The van der Waals surface area contributed by atoms with Crippen LogP contribution in [0.25, 0.3) is 0 Å². The molecule has 1 atom stereocenters. The van der Waals surface area contributed by atoms with Crippen LogP contribution in [-0.2, 0) is 10.0 Å². The Kier molecular flexibility index (Phi) is 5.94. The van der Waals surface area contributed by atoms with Crippen LogP contribution in [0.2, 0.25) is 0 Å². The fourth-order valence-corrected chi connectivity index (χ4v) is 4.55. The predicted molar refractivity (Wildman–Crippen MR) is 120 cm³/mol. The van der Waals surface area contributed by atoms with Crippen LogP contribution in [0, 0.1) is 6.92 Å². The van der Waals surface area contributed by atoms with Gasteiger partial charge < -0.3 is 10.1 Å². The van der Waals surface area contributed by atoms with Gasteiger partial charge in [0.25, 0.3) is 5.91 Å². The van der Waals surface area contributed by atoms with Gasteiger partial charge in [0.15, 0.2) is 0 Å². The Morgan fingerprint density at radius 3 is 2.53 bits per heavy atom. The van der Waals surface area contributed by atoms with E-state index in [0.29, 0.717) is 17.7 Å². The number of ether oxygens (including phenoxy) is 1.